The Morgan fingerprint density at radius 2 is 1.59 bits per heavy atom. The number of benzene rings is 2. The number of hydrogen-bond donors (Lipinski definition) is 0. The molecule has 0 amide bonds. The average Bonchev–Trinajstić information content (AvgIpc) is 2.71. The number of ether oxygens (including phenoxy) is 1. The van der Waals surface area contributed by atoms with Gasteiger partial charge in [-0.3, -0.25) is 0 Å². The van der Waals surface area contributed by atoms with E-state index in [0.29, 0.717) is 17.4 Å². The molecule has 0 bridgehead atoms. The number of aryl methyl sites for hydroxylation is 1. The van der Waals surface area contributed by atoms with Crippen LogP contribution in [0.3, 0.4) is 0 Å². The standard InChI is InChI=1S/C25H27F3O/c1-2-3-4-19-7-13-22(14-8-19)23-15-9-20(10-16-23)5-6-21-11-17-24(18-12-21)29-25(26,27)28/h7-8,11-14,17-18,20,23H,2-4,9-10,15-16H2,1H3/t20-,23-. The van der Waals surface area contributed by atoms with Gasteiger partial charge in [0.25, 0.3) is 0 Å². The van der Waals surface area contributed by atoms with Crippen LogP contribution in [0.5, 0.6) is 5.75 Å². The van der Waals surface area contributed by atoms with Crippen molar-refractivity contribution < 1.29 is 17.9 Å². The summed E-state index contributed by atoms with van der Waals surface area (Å²) in [6.07, 6.45) is 3.33. The minimum atomic E-state index is -4.67. The third kappa shape index (κ3) is 6.85. The van der Waals surface area contributed by atoms with Crippen molar-refractivity contribution in [3.05, 3.63) is 65.2 Å². The van der Waals surface area contributed by atoms with Gasteiger partial charge in [-0.25, -0.2) is 0 Å². The highest BCUT2D eigenvalue weighted by Crippen LogP contribution is 2.35. The molecule has 1 nitrogen and oxygen atoms in total. The molecule has 0 spiro atoms. The maximum absolute atomic E-state index is 12.2. The van der Waals surface area contributed by atoms with Gasteiger partial charge in [-0.2, -0.15) is 0 Å². The number of alkyl halides is 3. The van der Waals surface area contributed by atoms with E-state index in [0.717, 1.165) is 32.1 Å². The molecular weight excluding hydrogens is 373 g/mol. The Balaban J connectivity index is 1.50. The Labute approximate surface area is 171 Å². The summed E-state index contributed by atoms with van der Waals surface area (Å²) in [4.78, 5) is 0. The van der Waals surface area contributed by atoms with Crippen molar-refractivity contribution in [2.24, 2.45) is 5.92 Å². The molecule has 1 aliphatic rings. The summed E-state index contributed by atoms with van der Waals surface area (Å²) in [5, 5.41) is 0. The molecular formula is C25H27F3O. The molecule has 0 radical (unpaired) electrons. The molecule has 1 fully saturated rings. The summed E-state index contributed by atoms with van der Waals surface area (Å²) in [7, 11) is 0. The summed E-state index contributed by atoms with van der Waals surface area (Å²) in [5.41, 5.74) is 3.56. The van der Waals surface area contributed by atoms with Gasteiger partial charge in [0, 0.05) is 11.5 Å². The van der Waals surface area contributed by atoms with Crippen LogP contribution < -0.4 is 4.74 Å². The fraction of sp³-hybridized carbons (Fsp3) is 0.440. The van der Waals surface area contributed by atoms with Crippen LogP contribution >= 0.6 is 0 Å². The molecule has 1 aliphatic carbocycles. The van der Waals surface area contributed by atoms with Crippen molar-refractivity contribution in [3.63, 3.8) is 0 Å². The average molecular weight is 400 g/mol. The fourth-order valence-corrected chi connectivity index (χ4v) is 3.83. The van der Waals surface area contributed by atoms with Crippen molar-refractivity contribution in [2.75, 3.05) is 0 Å². The maximum atomic E-state index is 12.2. The van der Waals surface area contributed by atoms with Gasteiger partial charge < -0.3 is 4.74 Å². The highest BCUT2D eigenvalue weighted by molar-refractivity contribution is 5.38. The van der Waals surface area contributed by atoms with Crippen LogP contribution in [0, 0.1) is 17.8 Å². The molecule has 29 heavy (non-hydrogen) atoms. The first kappa shape index (κ1) is 21.3. The Morgan fingerprint density at radius 3 is 2.17 bits per heavy atom. The Hall–Kier alpha value is -2.41. The topological polar surface area (TPSA) is 9.23 Å². The minimum Gasteiger partial charge on any atom is -0.406 e. The Morgan fingerprint density at radius 1 is 0.931 bits per heavy atom. The largest absolute Gasteiger partial charge is 0.573 e. The second-order valence-electron chi connectivity index (χ2n) is 7.74. The lowest BCUT2D eigenvalue weighted by Gasteiger charge is -2.26. The summed E-state index contributed by atoms with van der Waals surface area (Å²) < 4.78 is 40.5. The van der Waals surface area contributed by atoms with Crippen molar-refractivity contribution in [1.29, 1.82) is 0 Å². The van der Waals surface area contributed by atoms with E-state index >= 15 is 0 Å². The van der Waals surface area contributed by atoms with E-state index in [1.165, 1.54) is 36.1 Å². The van der Waals surface area contributed by atoms with Crippen LogP contribution in [-0.4, -0.2) is 6.36 Å². The van der Waals surface area contributed by atoms with Gasteiger partial charge in [0.15, 0.2) is 0 Å². The fourth-order valence-electron chi connectivity index (χ4n) is 3.83. The van der Waals surface area contributed by atoms with Crippen LogP contribution in [0.2, 0.25) is 0 Å². The lowest BCUT2D eigenvalue weighted by Crippen LogP contribution is -2.16. The molecule has 0 aromatic heterocycles. The summed E-state index contributed by atoms with van der Waals surface area (Å²) in [6, 6.07) is 14.8. The van der Waals surface area contributed by atoms with E-state index < -0.39 is 6.36 Å². The molecule has 0 aliphatic heterocycles. The molecule has 154 valence electrons. The van der Waals surface area contributed by atoms with E-state index in [4.69, 9.17) is 0 Å². The number of rotatable bonds is 5. The summed E-state index contributed by atoms with van der Waals surface area (Å²) in [6.45, 7) is 2.22. The van der Waals surface area contributed by atoms with Crippen molar-refractivity contribution in [3.8, 4) is 17.6 Å². The summed E-state index contributed by atoms with van der Waals surface area (Å²) >= 11 is 0. The molecule has 0 atom stereocenters. The van der Waals surface area contributed by atoms with Gasteiger partial charge in [0.1, 0.15) is 5.75 Å². The summed E-state index contributed by atoms with van der Waals surface area (Å²) in [5.74, 6) is 7.13. The molecule has 0 N–H and O–H groups in total. The predicted octanol–water partition coefficient (Wildman–Crippen LogP) is 7.25. The third-order valence-electron chi connectivity index (χ3n) is 5.51. The zero-order valence-corrected chi connectivity index (χ0v) is 16.8. The zero-order chi connectivity index (χ0) is 20.7. The predicted molar refractivity (Wildman–Crippen MR) is 110 cm³/mol. The maximum Gasteiger partial charge on any atom is 0.573 e. The number of hydrogen-bond acceptors (Lipinski definition) is 1. The first-order valence-electron chi connectivity index (χ1n) is 10.4. The van der Waals surface area contributed by atoms with Crippen LogP contribution in [0.25, 0.3) is 0 Å². The minimum absolute atomic E-state index is 0.218. The van der Waals surface area contributed by atoms with Gasteiger partial charge in [-0.1, -0.05) is 49.5 Å². The molecule has 2 aromatic carbocycles. The second kappa shape index (κ2) is 9.87. The SMILES string of the molecule is CCCCc1ccc([C@H]2CC[C@H](C#Cc3ccc(OC(F)(F)F)cc3)CC2)cc1. The highest BCUT2D eigenvalue weighted by Gasteiger charge is 2.30. The molecule has 4 heteroatoms. The van der Waals surface area contributed by atoms with Crippen LogP contribution in [0.1, 0.15) is 68.1 Å². The number of halogens is 3. The van der Waals surface area contributed by atoms with Crippen molar-refractivity contribution in [2.45, 2.75) is 64.1 Å². The Bertz CT molecular complexity index is 818. The van der Waals surface area contributed by atoms with Crippen LogP contribution in [-0.2, 0) is 6.42 Å². The van der Waals surface area contributed by atoms with Crippen LogP contribution in [0.4, 0.5) is 13.2 Å². The van der Waals surface area contributed by atoms with Crippen molar-refractivity contribution in [1.82, 2.24) is 0 Å². The normalized spacial score (nSPS) is 19.3. The molecule has 1 saturated carbocycles. The van der Waals surface area contributed by atoms with Gasteiger partial charge >= 0.3 is 6.36 Å². The zero-order valence-electron chi connectivity index (χ0n) is 16.8. The molecule has 2 aromatic rings. The third-order valence-corrected chi connectivity index (χ3v) is 5.51. The van der Waals surface area contributed by atoms with Gasteiger partial charge in [0.2, 0.25) is 0 Å². The molecule has 0 saturated heterocycles. The van der Waals surface area contributed by atoms with Gasteiger partial charge in [0.05, 0.1) is 0 Å². The van der Waals surface area contributed by atoms with E-state index in [2.05, 4.69) is 47.8 Å². The van der Waals surface area contributed by atoms with Gasteiger partial charge in [-0.05, 0) is 79.8 Å². The lowest BCUT2D eigenvalue weighted by molar-refractivity contribution is -0.274. The lowest BCUT2D eigenvalue weighted by atomic mass is 9.78. The molecule has 0 heterocycles. The first-order valence-corrected chi connectivity index (χ1v) is 10.4. The quantitative estimate of drug-likeness (QED) is 0.480. The highest BCUT2D eigenvalue weighted by atomic mass is 19.4. The van der Waals surface area contributed by atoms with E-state index in [9.17, 15) is 13.2 Å². The molecule has 0 unspecified atom stereocenters. The van der Waals surface area contributed by atoms with Crippen LogP contribution in [0.15, 0.2) is 48.5 Å². The second-order valence-corrected chi connectivity index (χ2v) is 7.74. The first-order chi connectivity index (χ1) is 13.9. The van der Waals surface area contributed by atoms with E-state index in [-0.39, 0.29) is 5.75 Å². The van der Waals surface area contributed by atoms with E-state index in [1.54, 1.807) is 12.1 Å². The molecule has 3 rings (SSSR count). The van der Waals surface area contributed by atoms with E-state index in [1.807, 2.05) is 0 Å². The number of unbranched alkanes of at least 4 members (excludes halogenated alkanes) is 1. The Kier molecular flexibility index (Phi) is 7.25. The van der Waals surface area contributed by atoms with Crippen molar-refractivity contribution >= 4 is 0 Å². The smallest absolute Gasteiger partial charge is 0.406 e. The monoisotopic (exact) mass is 400 g/mol. The van der Waals surface area contributed by atoms with Gasteiger partial charge in [-0.15, -0.1) is 13.2 Å².